The van der Waals surface area contributed by atoms with Crippen molar-refractivity contribution in [1.29, 1.82) is 5.26 Å². The fourth-order valence-corrected chi connectivity index (χ4v) is 2.86. The summed E-state index contributed by atoms with van der Waals surface area (Å²) < 4.78 is 18.5. The second kappa shape index (κ2) is 9.22. The maximum atomic E-state index is 13.5. The third kappa shape index (κ3) is 5.48. The number of esters is 1. The molecule has 0 fully saturated rings. The molecule has 0 bridgehead atoms. The monoisotopic (exact) mass is 392 g/mol. The molecule has 5 nitrogen and oxygen atoms in total. The molecular weight excluding hydrogens is 379 g/mol. The number of anilines is 1. The Morgan fingerprint density at radius 1 is 1.35 bits per heavy atom. The van der Waals surface area contributed by atoms with Gasteiger partial charge >= 0.3 is 5.97 Å². The fraction of sp³-hybridized carbons (Fsp3) is 0.167. The predicted molar refractivity (Wildman–Crippen MR) is 97.5 cm³/mol. The van der Waals surface area contributed by atoms with E-state index in [2.05, 4.69) is 5.32 Å². The quantitative estimate of drug-likeness (QED) is 0.593. The van der Waals surface area contributed by atoms with Gasteiger partial charge in [-0.05, 0) is 37.3 Å². The Labute approximate surface area is 159 Å². The van der Waals surface area contributed by atoms with Crippen molar-refractivity contribution >= 4 is 40.9 Å². The Balaban J connectivity index is 1.86. The van der Waals surface area contributed by atoms with Gasteiger partial charge in [-0.3, -0.25) is 9.59 Å². The smallest absolute Gasteiger partial charge is 0.317 e. The van der Waals surface area contributed by atoms with E-state index in [0.29, 0.717) is 10.6 Å². The molecule has 0 radical (unpaired) electrons. The van der Waals surface area contributed by atoms with Crippen molar-refractivity contribution in [2.45, 2.75) is 17.9 Å². The van der Waals surface area contributed by atoms with Gasteiger partial charge in [-0.2, -0.15) is 5.26 Å². The summed E-state index contributed by atoms with van der Waals surface area (Å²) in [5.41, 5.74) is 0.664. The lowest BCUT2D eigenvalue weighted by atomic mass is 10.2. The minimum absolute atomic E-state index is 0.124. The van der Waals surface area contributed by atoms with E-state index in [1.54, 1.807) is 18.2 Å². The number of thioether (sulfide) groups is 1. The number of hydrogen-bond acceptors (Lipinski definition) is 5. The van der Waals surface area contributed by atoms with E-state index < -0.39 is 23.8 Å². The number of amides is 1. The van der Waals surface area contributed by atoms with Crippen LogP contribution in [-0.4, -0.2) is 23.7 Å². The SMILES string of the molecule is C[C@@H](OC(=O)CSc1ccccc1F)C(=O)Nc1ccc(C#N)c(Cl)c1. The second-order valence-corrected chi connectivity index (χ2v) is 6.57. The molecule has 1 N–H and O–H groups in total. The van der Waals surface area contributed by atoms with Gasteiger partial charge in [0.05, 0.1) is 16.3 Å². The first-order valence-electron chi connectivity index (χ1n) is 7.48. The molecular formula is C18H14ClFN2O3S. The minimum atomic E-state index is -1.04. The van der Waals surface area contributed by atoms with Crippen LogP contribution in [0.3, 0.4) is 0 Å². The van der Waals surface area contributed by atoms with E-state index in [4.69, 9.17) is 21.6 Å². The topological polar surface area (TPSA) is 79.2 Å². The average Bonchev–Trinajstić information content (AvgIpc) is 2.61. The number of nitriles is 1. The zero-order valence-electron chi connectivity index (χ0n) is 13.7. The maximum Gasteiger partial charge on any atom is 0.317 e. The molecule has 0 saturated heterocycles. The highest BCUT2D eigenvalue weighted by atomic mass is 35.5. The van der Waals surface area contributed by atoms with Crippen LogP contribution in [0.2, 0.25) is 5.02 Å². The molecule has 26 heavy (non-hydrogen) atoms. The van der Waals surface area contributed by atoms with Crippen molar-refractivity contribution in [3.63, 3.8) is 0 Å². The van der Waals surface area contributed by atoms with Gasteiger partial charge < -0.3 is 10.1 Å². The molecule has 0 aliphatic heterocycles. The number of carbonyl (C=O) groups is 2. The molecule has 2 aromatic carbocycles. The zero-order valence-corrected chi connectivity index (χ0v) is 15.2. The van der Waals surface area contributed by atoms with Gasteiger partial charge in [0.2, 0.25) is 0 Å². The number of nitrogens with one attached hydrogen (secondary N) is 1. The largest absolute Gasteiger partial charge is 0.452 e. The Morgan fingerprint density at radius 2 is 2.08 bits per heavy atom. The van der Waals surface area contributed by atoms with Crippen molar-refractivity contribution in [3.05, 3.63) is 58.9 Å². The van der Waals surface area contributed by atoms with Crippen LogP contribution in [0.15, 0.2) is 47.4 Å². The molecule has 0 saturated carbocycles. The van der Waals surface area contributed by atoms with E-state index >= 15 is 0 Å². The summed E-state index contributed by atoms with van der Waals surface area (Å²) in [5.74, 6) is -1.73. The summed E-state index contributed by atoms with van der Waals surface area (Å²) in [6.07, 6.45) is -1.04. The Hall–Kier alpha value is -2.56. The summed E-state index contributed by atoms with van der Waals surface area (Å²) in [6, 6.07) is 12.4. The maximum absolute atomic E-state index is 13.5. The summed E-state index contributed by atoms with van der Waals surface area (Å²) in [4.78, 5) is 24.2. The van der Waals surface area contributed by atoms with Crippen LogP contribution in [0, 0.1) is 17.1 Å². The summed E-state index contributed by atoms with van der Waals surface area (Å²) in [7, 11) is 0. The molecule has 0 heterocycles. The average molecular weight is 393 g/mol. The Bertz CT molecular complexity index is 870. The van der Waals surface area contributed by atoms with Crippen molar-refractivity contribution in [3.8, 4) is 6.07 Å². The lowest BCUT2D eigenvalue weighted by molar-refractivity contribution is -0.150. The van der Waals surface area contributed by atoms with Crippen LogP contribution in [0.1, 0.15) is 12.5 Å². The number of benzene rings is 2. The Kier molecular flexibility index (Phi) is 7.01. The summed E-state index contributed by atoms with van der Waals surface area (Å²) >= 11 is 6.89. The predicted octanol–water partition coefficient (Wildman–Crippen LogP) is 4.01. The van der Waals surface area contributed by atoms with Crippen LogP contribution in [0.5, 0.6) is 0 Å². The molecule has 0 aliphatic rings. The van der Waals surface area contributed by atoms with Crippen LogP contribution < -0.4 is 5.32 Å². The van der Waals surface area contributed by atoms with Crippen LogP contribution in [0.4, 0.5) is 10.1 Å². The highest BCUT2D eigenvalue weighted by Crippen LogP contribution is 2.22. The molecule has 1 amide bonds. The van der Waals surface area contributed by atoms with Gasteiger partial charge in [0, 0.05) is 10.6 Å². The molecule has 8 heteroatoms. The van der Waals surface area contributed by atoms with Crippen LogP contribution in [0.25, 0.3) is 0 Å². The Morgan fingerprint density at radius 3 is 2.73 bits per heavy atom. The van der Waals surface area contributed by atoms with Gasteiger partial charge in [-0.1, -0.05) is 23.7 Å². The molecule has 0 spiro atoms. The second-order valence-electron chi connectivity index (χ2n) is 5.15. The lowest BCUT2D eigenvalue weighted by Gasteiger charge is -2.14. The van der Waals surface area contributed by atoms with Crippen LogP contribution in [-0.2, 0) is 14.3 Å². The normalized spacial score (nSPS) is 11.3. The molecule has 0 unspecified atom stereocenters. The van der Waals surface area contributed by atoms with Crippen molar-refractivity contribution in [2.24, 2.45) is 0 Å². The number of carbonyl (C=O) groups excluding carboxylic acids is 2. The third-order valence-corrected chi connectivity index (χ3v) is 4.55. The van der Waals surface area contributed by atoms with Gasteiger partial charge in [0.15, 0.2) is 6.10 Å². The van der Waals surface area contributed by atoms with Crippen molar-refractivity contribution in [1.82, 2.24) is 0 Å². The highest BCUT2D eigenvalue weighted by molar-refractivity contribution is 8.00. The highest BCUT2D eigenvalue weighted by Gasteiger charge is 2.18. The molecule has 1 atom stereocenters. The van der Waals surface area contributed by atoms with Gasteiger partial charge in [0.1, 0.15) is 11.9 Å². The number of hydrogen-bond donors (Lipinski definition) is 1. The van der Waals surface area contributed by atoms with E-state index in [9.17, 15) is 14.0 Å². The van der Waals surface area contributed by atoms with E-state index in [-0.39, 0.29) is 16.3 Å². The first-order valence-corrected chi connectivity index (χ1v) is 8.84. The van der Waals surface area contributed by atoms with E-state index in [0.717, 1.165) is 11.8 Å². The number of rotatable bonds is 6. The lowest BCUT2D eigenvalue weighted by Crippen LogP contribution is -2.30. The number of nitrogens with zero attached hydrogens (tertiary/aromatic N) is 1. The van der Waals surface area contributed by atoms with Gasteiger partial charge in [-0.25, -0.2) is 4.39 Å². The fourth-order valence-electron chi connectivity index (χ4n) is 1.91. The third-order valence-electron chi connectivity index (χ3n) is 3.22. The molecule has 134 valence electrons. The van der Waals surface area contributed by atoms with Gasteiger partial charge in [0.25, 0.3) is 5.91 Å². The first-order chi connectivity index (χ1) is 12.4. The van der Waals surface area contributed by atoms with Gasteiger partial charge in [-0.15, -0.1) is 11.8 Å². The zero-order chi connectivity index (χ0) is 19.1. The minimum Gasteiger partial charge on any atom is -0.452 e. The summed E-state index contributed by atoms with van der Waals surface area (Å²) in [5, 5.41) is 11.6. The van der Waals surface area contributed by atoms with E-state index in [1.165, 1.54) is 31.2 Å². The standard InChI is InChI=1S/C18H14ClFN2O3S/c1-11(18(24)22-13-7-6-12(9-21)14(19)8-13)25-17(23)10-26-16-5-3-2-4-15(16)20/h2-8,11H,10H2,1H3,(H,22,24)/t11-/m1/s1. The molecule has 2 rings (SSSR count). The summed E-state index contributed by atoms with van der Waals surface area (Å²) in [6.45, 7) is 1.42. The number of halogens is 2. The first kappa shape index (κ1) is 19.8. The van der Waals surface area contributed by atoms with Crippen LogP contribution >= 0.6 is 23.4 Å². The van der Waals surface area contributed by atoms with Crippen molar-refractivity contribution in [2.75, 3.05) is 11.1 Å². The number of ether oxygens (including phenoxy) is 1. The van der Waals surface area contributed by atoms with E-state index in [1.807, 2.05) is 6.07 Å². The molecule has 0 aromatic heterocycles. The van der Waals surface area contributed by atoms with Crippen molar-refractivity contribution < 1.29 is 18.7 Å². The molecule has 2 aromatic rings. The molecule has 0 aliphatic carbocycles.